The summed E-state index contributed by atoms with van der Waals surface area (Å²) in [4.78, 5) is 29.2. The number of aliphatic hydroxyl groups is 1. The molecule has 1 saturated heterocycles. The van der Waals surface area contributed by atoms with E-state index in [1.807, 2.05) is 38.1 Å². The van der Waals surface area contributed by atoms with Crippen molar-refractivity contribution in [3.8, 4) is 0 Å². The Balaban J connectivity index is 1.94. The molecule has 0 aromatic heterocycles. The summed E-state index contributed by atoms with van der Waals surface area (Å²) in [5.74, 6) is -0.0850. The number of anilines is 1. The number of benzene rings is 1. The van der Waals surface area contributed by atoms with Crippen molar-refractivity contribution in [2.45, 2.75) is 45.4 Å². The minimum Gasteiger partial charge on any atom is -0.391 e. The number of amides is 3. The van der Waals surface area contributed by atoms with E-state index in [4.69, 9.17) is 0 Å². The standard InChI is InChI=1S/C18H25N3O3/c1-3-12(2)16-17(23)19-15-7-5-4-6-13(15)10-21(16)18(24)20-9-8-14(22)11-20/h4-7,12,14,16,22H,3,8-11H2,1-2H3,(H,19,23)/t12-,14+,16-/m0/s1. The quantitative estimate of drug-likeness (QED) is 0.871. The maximum atomic E-state index is 13.0. The van der Waals surface area contributed by atoms with Gasteiger partial charge in [-0.1, -0.05) is 38.5 Å². The van der Waals surface area contributed by atoms with E-state index in [0.717, 1.165) is 17.7 Å². The molecule has 24 heavy (non-hydrogen) atoms. The number of fused-ring (bicyclic) bond motifs is 1. The maximum Gasteiger partial charge on any atom is 0.321 e. The molecule has 1 fully saturated rings. The lowest BCUT2D eigenvalue weighted by Gasteiger charge is -2.35. The minimum atomic E-state index is -0.507. The van der Waals surface area contributed by atoms with Crippen LogP contribution in [-0.4, -0.2) is 52.1 Å². The minimum absolute atomic E-state index is 0.0517. The fourth-order valence-electron chi connectivity index (χ4n) is 3.48. The van der Waals surface area contributed by atoms with Crippen LogP contribution in [-0.2, 0) is 11.3 Å². The molecule has 6 heteroatoms. The second-order valence-electron chi connectivity index (χ2n) is 6.78. The van der Waals surface area contributed by atoms with Crippen molar-refractivity contribution < 1.29 is 14.7 Å². The van der Waals surface area contributed by atoms with Crippen molar-refractivity contribution in [2.75, 3.05) is 18.4 Å². The average Bonchev–Trinajstić information content (AvgIpc) is 2.94. The number of carbonyl (C=O) groups excluding carboxylic acids is 2. The van der Waals surface area contributed by atoms with Crippen LogP contribution >= 0.6 is 0 Å². The molecule has 1 aromatic carbocycles. The molecule has 0 radical (unpaired) electrons. The Morgan fingerprint density at radius 2 is 2.17 bits per heavy atom. The third-order valence-electron chi connectivity index (χ3n) is 5.08. The normalized spacial score (nSPS) is 25.0. The Labute approximate surface area is 142 Å². The number of aliphatic hydroxyl groups excluding tert-OH is 1. The van der Waals surface area contributed by atoms with Gasteiger partial charge in [-0.05, 0) is 24.0 Å². The largest absolute Gasteiger partial charge is 0.391 e. The molecule has 0 saturated carbocycles. The van der Waals surface area contributed by atoms with Gasteiger partial charge in [-0.25, -0.2) is 4.79 Å². The van der Waals surface area contributed by atoms with Gasteiger partial charge in [-0.2, -0.15) is 0 Å². The van der Waals surface area contributed by atoms with E-state index in [9.17, 15) is 14.7 Å². The monoisotopic (exact) mass is 331 g/mol. The van der Waals surface area contributed by atoms with Crippen molar-refractivity contribution in [3.63, 3.8) is 0 Å². The number of rotatable bonds is 2. The van der Waals surface area contributed by atoms with Gasteiger partial charge in [0.15, 0.2) is 0 Å². The summed E-state index contributed by atoms with van der Waals surface area (Å²) in [5.41, 5.74) is 1.71. The molecule has 0 bridgehead atoms. The summed E-state index contributed by atoms with van der Waals surface area (Å²) in [7, 11) is 0. The first-order valence-corrected chi connectivity index (χ1v) is 8.63. The summed E-state index contributed by atoms with van der Waals surface area (Å²) < 4.78 is 0. The topological polar surface area (TPSA) is 72.9 Å². The molecule has 2 aliphatic rings. The molecule has 130 valence electrons. The number of urea groups is 1. The van der Waals surface area contributed by atoms with Crippen molar-refractivity contribution >= 4 is 17.6 Å². The van der Waals surface area contributed by atoms with Gasteiger partial charge in [0.2, 0.25) is 5.91 Å². The average molecular weight is 331 g/mol. The van der Waals surface area contributed by atoms with E-state index in [1.165, 1.54) is 0 Å². The molecular formula is C18H25N3O3. The Kier molecular flexibility index (Phi) is 4.76. The third-order valence-corrected chi connectivity index (χ3v) is 5.08. The van der Waals surface area contributed by atoms with E-state index >= 15 is 0 Å². The van der Waals surface area contributed by atoms with Gasteiger partial charge in [0.25, 0.3) is 0 Å². The van der Waals surface area contributed by atoms with Crippen LogP contribution in [0, 0.1) is 5.92 Å². The first-order valence-electron chi connectivity index (χ1n) is 8.63. The number of likely N-dealkylation sites (tertiary alicyclic amines) is 1. The highest BCUT2D eigenvalue weighted by Gasteiger charge is 2.39. The Morgan fingerprint density at radius 3 is 2.83 bits per heavy atom. The van der Waals surface area contributed by atoms with Gasteiger partial charge in [0.1, 0.15) is 6.04 Å². The second-order valence-corrected chi connectivity index (χ2v) is 6.78. The molecule has 0 aliphatic carbocycles. The fraction of sp³-hybridized carbons (Fsp3) is 0.556. The molecule has 6 nitrogen and oxygen atoms in total. The summed E-state index contributed by atoms with van der Waals surface area (Å²) >= 11 is 0. The molecule has 2 N–H and O–H groups in total. The second kappa shape index (κ2) is 6.81. The lowest BCUT2D eigenvalue weighted by molar-refractivity contribution is -0.122. The van der Waals surface area contributed by atoms with E-state index < -0.39 is 12.1 Å². The zero-order chi connectivity index (χ0) is 17.3. The van der Waals surface area contributed by atoms with Crippen LogP contribution in [0.3, 0.4) is 0 Å². The van der Waals surface area contributed by atoms with Crippen molar-refractivity contribution in [2.24, 2.45) is 5.92 Å². The number of hydrogen-bond acceptors (Lipinski definition) is 3. The number of nitrogens with one attached hydrogen (secondary N) is 1. The number of hydrogen-bond donors (Lipinski definition) is 2. The first kappa shape index (κ1) is 16.8. The molecule has 2 aliphatic heterocycles. The van der Waals surface area contributed by atoms with Crippen LogP contribution in [0.2, 0.25) is 0 Å². The lowest BCUT2D eigenvalue weighted by Crippen LogP contribution is -2.53. The maximum absolute atomic E-state index is 13.0. The molecule has 3 atom stereocenters. The van der Waals surface area contributed by atoms with Crippen LogP contribution in [0.1, 0.15) is 32.3 Å². The van der Waals surface area contributed by atoms with Crippen LogP contribution in [0.15, 0.2) is 24.3 Å². The molecular weight excluding hydrogens is 306 g/mol. The Bertz CT molecular complexity index is 634. The zero-order valence-corrected chi connectivity index (χ0v) is 14.2. The van der Waals surface area contributed by atoms with E-state index in [2.05, 4.69) is 5.32 Å². The van der Waals surface area contributed by atoms with E-state index in [-0.39, 0.29) is 17.9 Å². The molecule has 0 spiro atoms. The van der Waals surface area contributed by atoms with Gasteiger partial charge in [0.05, 0.1) is 12.6 Å². The molecule has 3 rings (SSSR count). The predicted octanol–water partition coefficient (Wildman–Crippen LogP) is 2.04. The highest BCUT2D eigenvalue weighted by atomic mass is 16.3. The van der Waals surface area contributed by atoms with Crippen LogP contribution in [0.4, 0.5) is 10.5 Å². The third kappa shape index (κ3) is 3.11. The highest BCUT2D eigenvalue weighted by molar-refractivity contribution is 5.98. The lowest BCUT2D eigenvalue weighted by atomic mass is 9.97. The molecule has 0 unspecified atom stereocenters. The van der Waals surface area contributed by atoms with Crippen LogP contribution in [0.25, 0.3) is 0 Å². The van der Waals surface area contributed by atoms with Crippen LogP contribution in [0.5, 0.6) is 0 Å². The summed E-state index contributed by atoms with van der Waals surface area (Å²) in [6, 6.07) is 6.93. The van der Waals surface area contributed by atoms with Crippen LogP contribution < -0.4 is 5.32 Å². The molecule has 3 amide bonds. The van der Waals surface area contributed by atoms with Gasteiger partial charge in [-0.3, -0.25) is 4.79 Å². The van der Waals surface area contributed by atoms with Gasteiger partial charge < -0.3 is 20.2 Å². The first-order chi connectivity index (χ1) is 11.5. The summed E-state index contributed by atoms with van der Waals surface area (Å²) in [6.07, 6.45) is 0.932. The predicted molar refractivity (Wildman–Crippen MR) is 91.5 cm³/mol. The van der Waals surface area contributed by atoms with Gasteiger partial charge in [0, 0.05) is 18.8 Å². The van der Waals surface area contributed by atoms with Gasteiger partial charge >= 0.3 is 6.03 Å². The fourth-order valence-corrected chi connectivity index (χ4v) is 3.48. The number of nitrogens with zero attached hydrogens (tertiary/aromatic N) is 2. The Hall–Kier alpha value is -2.08. The number of para-hydroxylation sites is 1. The number of carbonyl (C=O) groups is 2. The van der Waals surface area contributed by atoms with Crippen molar-refractivity contribution in [1.82, 2.24) is 9.80 Å². The summed E-state index contributed by atoms with van der Waals surface area (Å²) in [6.45, 7) is 5.30. The van der Waals surface area contributed by atoms with E-state index in [1.54, 1.807) is 9.80 Å². The van der Waals surface area contributed by atoms with Crippen molar-refractivity contribution in [1.29, 1.82) is 0 Å². The SMILES string of the molecule is CC[C@H](C)[C@H]1C(=O)Nc2ccccc2CN1C(=O)N1CC[C@@H](O)C1. The molecule has 1 aromatic rings. The Morgan fingerprint density at radius 1 is 1.42 bits per heavy atom. The zero-order valence-electron chi connectivity index (χ0n) is 14.2. The van der Waals surface area contributed by atoms with E-state index in [0.29, 0.717) is 26.1 Å². The highest BCUT2D eigenvalue weighted by Crippen LogP contribution is 2.28. The van der Waals surface area contributed by atoms with Crippen molar-refractivity contribution in [3.05, 3.63) is 29.8 Å². The smallest absolute Gasteiger partial charge is 0.321 e. The van der Waals surface area contributed by atoms with Gasteiger partial charge in [-0.15, -0.1) is 0 Å². The summed E-state index contributed by atoms with van der Waals surface area (Å²) in [5, 5.41) is 12.7. The number of β-amino-alcohol motifs (C(OH)–C–C–N with tert-alkyl or cyclic N) is 1. The molecule has 2 heterocycles.